The second-order valence-corrected chi connectivity index (χ2v) is 3.94. The zero-order valence-corrected chi connectivity index (χ0v) is 9.56. The van der Waals surface area contributed by atoms with Crippen molar-refractivity contribution in [3.8, 4) is 6.07 Å². The van der Waals surface area contributed by atoms with Crippen LogP contribution in [0, 0.1) is 11.3 Å². The number of nitrogens with zero attached hydrogens (tertiary/aromatic N) is 1. The van der Waals surface area contributed by atoms with E-state index in [1.165, 1.54) is 0 Å². The minimum Gasteiger partial charge on any atom is -0.390 e. The van der Waals surface area contributed by atoms with Gasteiger partial charge in [0.2, 0.25) is 0 Å². The number of rotatable bonds is 5. The average Bonchev–Trinajstić information content (AvgIpc) is 2.30. The summed E-state index contributed by atoms with van der Waals surface area (Å²) in [4.78, 5) is 0. The summed E-state index contributed by atoms with van der Waals surface area (Å²) in [6.07, 6.45) is -1.07. The zero-order chi connectivity index (χ0) is 12.0. The second kappa shape index (κ2) is 6.49. The van der Waals surface area contributed by atoms with E-state index in [0.717, 1.165) is 5.56 Å². The second-order valence-electron chi connectivity index (χ2n) is 3.57. The maximum Gasteiger partial charge on any atom is 0.105 e. The van der Waals surface area contributed by atoms with Gasteiger partial charge in [0.15, 0.2) is 0 Å². The van der Waals surface area contributed by atoms with Crippen LogP contribution in [0.5, 0.6) is 0 Å². The van der Waals surface area contributed by atoms with E-state index in [1.54, 1.807) is 24.3 Å². The van der Waals surface area contributed by atoms with Crippen LogP contribution in [-0.2, 0) is 6.42 Å². The summed E-state index contributed by atoms with van der Waals surface area (Å²) in [5.74, 6) is 0.310. The molecule has 0 aliphatic rings. The summed E-state index contributed by atoms with van der Waals surface area (Å²) in [7, 11) is 0. The maximum absolute atomic E-state index is 9.77. The van der Waals surface area contributed by atoms with E-state index in [2.05, 4.69) is 0 Å². The van der Waals surface area contributed by atoms with Gasteiger partial charge in [-0.1, -0.05) is 24.3 Å². The Morgan fingerprint density at radius 2 is 1.88 bits per heavy atom. The number of hydrogen-bond acceptors (Lipinski definition) is 3. The third-order valence-corrected chi connectivity index (χ3v) is 2.59. The van der Waals surface area contributed by atoms with E-state index >= 15 is 0 Å². The number of benzene rings is 1. The number of halogens is 1. The summed E-state index contributed by atoms with van der Waals surface area (Å²) in [5.41, 5.74) is 1.53. The van der Waals surface area contributed by atoms with Crippen LogP contribution in [-0.4, -0.2) is 22.2 Å². The summed E-state index contributed by atoms with van der Waals surface area (Å²) in [6.45, 7) is 0. The molecule has 2 unspecified atom stereocenters. The van der Waals surface area contributed by atoms with Crippen LogP contribution < -0.4 is 0 Å². The molecule has 0 aliphatic carbocycles. The van der Waals surface area contributed by atoms with Crippen molar-refractivity contribution >= 4 is 11.6 Å². The van der Waals surface area contributed by atoms with E-state index in [-0.39, 0.29) is 0 Å². The maximum atomic E-state index is 9.77. The molecule has 2 N–H and O–H groups in total. The lowest BCUT2D eigenvalue weighted by Crippen LogP contribution is -2.18. The molecule has 0 spiro atoms. The first-order valence-corrected chi connectivity index (χ1v) is 5.60. The molecule has 0 fully saturated rings. The van der Waals surface area contributed by atoms with Crippen molar-refractivity contribution in [3.63, 3.8) is 0 Å². The fraction of sp³-hybridized carbons (Fsp3) is 0.417. The Balaban J connectivity index is 2.70. The molecule has 0 aliphatic heterocycles. The lowest BCUT2D eigenvalue weighted by Gasteiger charge is -2.17. The number of aliphatic hydroxyl groups excluding tert-OH is 2. The molecular weight excluding hydrogens is 226 g/mol. The molecule has 0 bridgehead atoms. The minimum absolute atomic E-state index is 0.310. The van der Waals surface area contributed by atoms with Crippen molar-refractivity contribution < 1.29 is 10.2 Å². The van der Waals surface area contributed by atoms with E-state index in [1.807, 2.05) is 6.07 Å². The van der Waals surface area contributed by atoms with Gasteiger partial charge in [-0.3, -0.25) is 0 Å². The van der Waals surface area contributed by atoms with Crippen LogP contribution in [0.1, 0.15) is 23.7 Å². The van der Waals surface area contributed by atoms with Gasteiger partial charge in [-0.15, -0.1) is 11.6 Å². The third-order valence-electron chi connectivity index (χ3n) is 2.37. The third kappa shape index (κ3) is 3.49. The first-order valence-electron chi connectivity index (χ1n) is 5.07. The molecule has 1 aromatic carbocycles. The molecule has 1 rings (SSSR count). The fourth-order valence-corrected chi connectivity index (χ4v) is 1.64. The van der Waals surface area contributed by atoms with Crippen LogP contribution in [0.25, 0.3) is 0 Å². The van der Waals surface area contributed by atoms with E-state index < -0.39 is 12.2 Å². The predicted octanol–water partition coefficient (Wildman–Crippen LogP) is 1.78. The number of hydrogen-bond donors (Lipinski definition) is 2. The van der Waals surface area contributed by atoms with Crippen LogP contribution >= 0.6 is 11.6 Å². The molecule has 4 heteroatoms. The molecule has 0 saturated carbocycles. The van der Waals surface area contributed by atoms with Crippen molar-refractivity contribution in [2.24, 2.45) is 0 Å². The van der Waals surface area contributed by atoms with E-state index in [9.17, 15) is 10.2 Å². The quantitative estimate of drug-likeness (QED) is 0.770. The Kier molecular flexibility index (Phi) is 5.27. The van der Waals surface area contributed by atoms with Gasteiger partial charge in [0.05, 0.1) is 18.6 Å². The lowest BCUT2D eigenvalue weighted by molar-refractivity contribution is 0.0170. The molecule has 2 atom stereocenters. The largest absolute Gasteiger partial charge is 0.390 e. The Hall–Kier alpha value is -1.08. The van der Waals surface area contributed by atoms with Crippen molar-refractivity contribution in [3.05, 3.63) is 35.4 Å². The highest BCUT2D eigenvalue weighted by atomic mass is 35.5. The van der Waals surface area contributed by atoms with Gasteiger partial charge in [-0.2, -0.15) is 5.26 Å². The van der Waals surface area contributed by atoms with Gasteiger partial charge in [0.25, 0.3) is 0 Å². The normalized spacial score (nSPS) is 14.1. The van der Waals surface area contributed by atoms with Gasteiger partial charge in [-0.05, 0) is 17.5 Å². The first kappa shape index (κ1) is 13.0. The average molecular weight is 240 g/mol. The summed E-state index contributed by atoms with van der Waals surface area (Å²) in [6, 6.07) is 9.03. The van der Waals surface area contributed by atoms with Crippen LogP contribution in [0.3, 0.4) is 0 Å². The van der Waals surface area contributed by atoms with E-state index in [0.29, 0.717) is 24.3 Å². The van der Waals surface area contributed by atoms with Gasteiger partial charge in [-0.25, -0.2) is 0 Å². The van der Waals surface area contributed by atoms with Crippen LogP contribution in [0.2, 0.25) is 0 Å². The van der Waals surface area contributed by atoms with Crippen molar-refractivity contribution in [1.82, 2.24) is 0 Å². The highest BCUT2D eigenvalue weighted by molar-refractivity contribution is 6.17. The predicted molar refractivity (Wildman–Crippen MR) is 62.1 cm³/mol. The Morgan fingerprint density at radius 3 is 2.38 bits per heavy atom. The topological polar surface area (TPSA) is 64.2 Å². The van der Waals surface area contributed by atoms with Gasteiger partial charge in [0, 0.05) is 5.88 Å². The van der Waals surface area contributed by atoms with E-state index in [4.69, 9.17) is 16.9 Å². The number of alkyl halides is 1. The number of aliphatic hydroxyl groups is 2. The zero-order valence-electron chi connectivity index (χ0n) is 8.81. The molecule has 0 amide bonds. The van der Waals surface area contributed by atoms with Crippen LogP contribution in [0.15, 0.2) is 24.3 Å². The standard InChI is InChI=1S/C12H14ClNO2/c13-7-5-11(15)12(16)10-3-1-9(2-4-10)6-8-14/h1-4,11-12,15-16H,5-7H2. The molecule has 0 heterocycles. The summed E-state index contributed by atoms with van der Waals surface area (Å²) < 4.78 is 0. The molecule has 0 radical (unpaired) electrons. The molecule has 16 heavy (non-hydrogen) atoms. The molecule has 3 nitrogen and oxygen atoms in total. The monoisotopic (exact) mass is 239 g/mol. The molecule has 86 valence electrons. The Morgan fingerprint density at radius 1 is 1.25 bits per heavy atom. The summed E-state index contributed by atoms with van der Waals surface area (Å²) in [5, 5.41) is 27.8. The summed E-state index contributed by atoms with van der Waals surface area (Å²) >= 11 is 5.49. The van der Waals surface area contributed by atoms with Gasteiger partial charge in [0.1, 0.15) is 6.10 Å². The van der Waals surface area contributed by atoms with Gasteiger partial charge < -0.3 is 10.2 Å². The smallest absolute Gasteiger partial charge is 0.105 e. The fourth-order valence-electron chi connectivity index (χ4n) is 1.42. The first-order chi connectivity index (χ1) is 7.69. The Labute approximate surface area is 99.9 Å². The van der Waals surface area contributed by atoms with Crippen molar-refractivity contribution in [2.45, 2.75) is 25.0 Å². The van der Waals surface area contributed by atoms with Crippen molar-refractivity contribution in [2.75, 3.05) is 5.88 Å². The van der Waals surface area contributed by atoms with Crippen molar-refractivity contribution in [1.29, 1.82) is 5.26 Å². The van der Waals surface area contributed by atoms with Gasteiger partial charge >= 0.3 is 0 Å². The van der Waals surface area contributed by atoms with Crippen LogP contribution in [0.4, 0.5) is 0 Å². The molecule has 0 aromatic heterocycles. The molecule has 1 aromatic rings. The lowest BCUT2D eigenvalue weighted by atomic mass is 10.0. The SMILES string of the molecule is N#CCc1ccc(C(O)C(O)CCCl)cc1. The molecular formula is C12H14ClNO2. The minimum atomic E-state index is -0.921. The highest BCUT2D eigenvalue weighted by Crippen LogP contribution is 2.19. The highest BCUT2D eigenvalue weighted by Gasteiger charge is 2.17. The molecule has 0 saturated heterocycles. The number of nitriles is 1. The Bertz CT molecular complexity index is 358.